The zero-order valence-corrected chi connectivity index (χ0v) is 74.3. The first-order valence-corrected chi connectivity index (χ1v) is 43.3. The number of carbonyl (C=O) groups is 2. The Hall–Kier alpha value is -3.18. The summed E-state index contributed by atoms with van der Waals surface area (Å²) in [5.74, 6) is -3.60. The zero-order valence-electron chi connectivity index (χ0n) is 74.3. The fourth-order valence-electron chi connectivity index (χ4n) is 21.1. The number of esters is 2. The standard InChI is InChI=1S/C48H80O9.C45H76O9/c1-17-37-48(50,25-36-21-19-18-20-22-36)42-31(6)39(56-47(15,16)57-42)28(3)24-46(13,14)41(55-44-30(5)27(2)23-29(4)51-44)32(7)40(33(8)43(49)53-37)54-38-26-45(11,12)34(9)35(10)52-38;1-15-35-45(49,23-34-19-17-16-18-20-34)39(47)29(6)37(46)26(3)22-44(13,14)40(54-42-28(5)25(2)21-27(4)50-42)30(7)38(31(8)41(48)52-35)53-36-24-43(11,12)32(9)33(10)51-36/h18-22,27-35,37-42,44,50H,17,23-26H2,1-16H3;16-20,25-33,35-40,42,46-47,49H,15,21-24H2,1-14H3/t27-,28+,29+,30+,31-,32-,33+,34-,35-,37+,38?,39-,40-,41+,42+,44?,48+;25-,26+,27+,28+,29-,30-,31+,32-,33-,35+,36?,37-,38-,39+,40+,42?,45+/m00/s1. The summed E-state index contributed by atoms with van der Waals surface area (Å²) in [4.78, 5) is 29.5. The first-order valence-electron chi connectivity index (χ1n) is 43.3. The highest BCUT2D eigenvalue weighted by Crippen LogP contribution is 2.52. The second-order valence-corrected chi connectivity index (χ2v) is 40.4. The van der Waals surface area contributed by atoms with Gasteiger partial charge in [0.1, 0.15) is 23.4 Å². The summed E-state index contributed by atoms with van der Waals surface area (Å²) in [7, 11) is 0. The highest BCUT2D eigenvalue weighted by Gasteiger charge is 2.60. The van der Waals surface area contributed by atoms with E-state index in [1.54, 1.807) is 6.92 Å². The predicted molar refractivity (Wildman–Crippen MR) is 434 cm³/mol. The van der Waals surface area contributed by atoms with Gasteiger partial charge in [-0.3, -0.25) is 9.59 Å². The number of benzene rings is 2. The normalized spacial score (nSPS) is 45.3. The van der Waals surface area contributed by atoms with Gasteiger partial charge in [-0.05, 0) is 162 Å². The van der Waals surface area contributed by atoms with Crippen molar-refractivity contribution < 1.29 is 86.9 Å². The molecule has 2 aromatic rings. The number of fused-ring (bicyclic) bond motifs is 2. The molecule has 2 bridgehead atoms. The lowest BCUT2D eigenvalue weighted by Gasteiger charge is -2.54. The number of hydrogen-bond donors (Lipinski definition) is 4. The van der Waals surface area contributed by atoms with Crippen molar-refractivity contribution in [3.63, 3.8) is 0 Å². The van der Waals surface area contributed by atoms with E-state index >= 15 is 0 Å². The van der Waals surface area contributed by atoms with Crippen LogP contribution in [0, 0.1) is 105 Å². The summed E-state index contributed by atoms with van der Waals surface area (Å²) in [5, 5.41) is 49.9. The van der Waals surface area contributed by atoms with Crippen molar-refractivity contribution in [3.8, 4) is 0 Å². The maximum atomic E-state index is 14.9. The molecule has 7 fully saturated rings. The molecular formula is C93H156O18. The van der Waals surface area contributed by atoms with Crippen molar-refractivity contribution in [1.82, 2.24) is 0 Å². The lowest BCUT2D eigenvalue weighted by molar-refractivity contribution is -0.361. The fourth-order valence-corrected chi connectivity index (χ4v) is 21.1. The number of aliphatic hydroxyl groups is 4. The van der Waals surface area contributed by atoms with Gasteiger partial charge in [0.2, 0.25) is 0 Å². The van der Waals surface area contributed by atoms with Gasteiger partial charge in [-0.15, -0.1) is 0 Å². The summed E-state index contributed by atoms with van der Waals surface area (Å²) >= 11 is 0. The van der Waals surface area contributed by atoms with Crippen LogP contribution >= 0.6 is 0 Å². The summed E-state index contributed by atoms with van der Waals surface area (Å²) in [6, 6.07) is 19.4. The second-order valence-electron chi connectivity index (χ2n) is 40.4. The highest BCUT2D eigenvalue weighted by atomic mass is 16.7. The summed E-state index contributed by atoms with van der Waals surface area (Å²) < 4.78 is 81.4. The van der Waals surface area contributed by atoms with E-state index in [0.717, 1.165) is 30.4 Å². The summed E-state index contributed by atoms with van der Waals surface area (Å²) in [6.07, 6.45) is -4.00. The third kappa shape index (κ3) is 21.7. The van der Waals surface area contributed by atoms with Gasteiger partial charge in [0.05, 0.1) is 85.1 Å². The van der Waals surface area contributed by atoms with Crippen molar-refractivity contribution in [2.24, 2.45) is 105 Å². The molecule has 0 amide bonds. The van der Waals surface area contributed by atoms with Crippen LogP contribution < -0.4 is 0 Å². The Morgan fingerprint density at radius 2 is 0.802 bits per heavy atom. The Bertz CT molecular complexity index is 3220. The minimum Gasteiger partial charge on any atom is -0.459 e. The molecule has 0 aromatic heterocycles. The SMILES string of the molecule is CC[C@H]1OC(=O)[C@H](C)[C@@H](OC2CC(C)(C)[C@@H](C)[C@H](C)O2)[C@H](C)[C@@H](OC2O[C@H](C)C[C@H](C)[C@H]2C)C(C)(C)C[C@@H](C)[C@@H]2OC(C)(C)O[C@H]([C@H]2C)[C@@]1(O)Cc1ccccc1.CC[C@H]1OC(=O)[C@H](C)[C@@H](OC2CC(C)(C)[C@@H](C)[C@H](C)O2)[C@H](C)[C@@H](OC2O[C@H](C)C[C@H](C)[C@H]2C)C(C)(C)C[C@@H](C)[C@H](O)[C@H](C)[C@@H](O)[C@@]1(O)Cc1ccccc1. The van der Waals surface area contributed by atoms with E-state index < -0.39 is 132 Å². The lowest BCUT2D eigenvalue weighted by atomic mass is 9.67. The summed E-state index contributed by atoms with van der Waals surface area (Å²) in [5.41, 5.74) is -2.84. The molecule has 2 aromatic carbocycles. The van der Waals surface area contributed by atoms with Crippen molar-refractivity contribution in [1.29, 1.82) is 0 Å². The quantitative estimate of drug-likeness (QED) is 0.129. The Balaban J connectivity index is 0.000000279. The molecule has 7 aliphatic rings. The third-order valence-electron chi connectivity index (χ3n) is 29.0. The van der Waals surface area contributed by atoms with Crippen molar-refractivity contribution in [3.05, 3.63) is 71.8 Å². The molecule has 0 aliphatic carbocycles. The average molecular weight is 1560 g/mol. The maximum Gasteiger partial charge on any atom is 0.311 e. The van der Waals surface area contributed by atoms with Gasteiger partial charge < -0.3 is 77.3 Å². The van der Waals surface area contributed by atoms with E-state index in [1.807, 2.05) is 109 Å². The number of hydrogen-bond acceptors (Lipinski definition) is 18. The molecule has 9 rings (SSSR count). The molecule has 34 atom stereocenters. The molecule has 636 valence electrons. The van der Waals surface area contributed by atoms with Crippen LogP contribution in [0.2, 0.25) is 0 Å². The monoisotopic (exact) mass is 1560 g/mol. The van der Waals surface area contributed by atoms with Crippen LogP contribution in [0.3, 0.4) is 0 Å². The van der Waals surface area contributed by atoms with Crippen LogP contribution in [0.1, 0.15) is 270 Å². The Morgan fingerprint density at radius 3 is 1.19 bits per heavy atom. The molecule has 18 heteroatoms. The highest BCUT2D eigenvalue weighted by molar-refractivity contribution is 5.73. The molecule has 111 heavy (non-hydrogen) atoms. The van der Waals surface area contributed by atoms with Gasteiger partial charge in [-0.1, -0.05) is 213 Å². The minimum absolute atomic E-state index is 0.0262. The first-order chi connectivity index (χ1) is 51.4. The smallest absolute Gasteiger partial charge is 0.311 e. The molecule has 7 aliphatic heterocycles. The average Bonchev–Trinajstić information content (AvgIpc) is 0.745. The first kappa shape index (κ1) is 93.3. The van der Waals surface area contributed by atoms with E-state index in [1.165, 1.54) is 0 Å². The van der Waals surface area contributed by atoms with Crippen LogP contribution in [0.5, 0.6) is 0 Å². The van der Waals surface area contributed by atoms with Gasteiger partial charge in [0, 0.05) is 61.2 Å². The third-order valence-corrected chi connectivity index (χ3v) is 29.0. The molecule has 7 heterocycles. The minimum atomic E-state index is -1.89. The molecule has 0 spiro atoms. The Labute approximate surface area is 671 Å². The number of ether oxygens (including phenoxy) is 12. The van der Waals surface area contributed by atoms with E-state index in [2.05, 4.69) is 152 Å². The molecule has 7 saturated heterocycles. The van der Waals surface area contributed by atoms with Crippen LogP contribution in [0.4, 0.5) is 0 Å². The number of cyclic esters (lactones) is 2. The van der Waals surface area contributed by atoms with Crippen LogP contribution in [0.25, 0.3) is 0 Å². The van der Waals surface area contributed by atoms with Crippen LogP contribution in [-0.2, 0) is 79.3 Å². The van der Waals surface area contributed by atoms with Gasteiger partial charge in [0.25, 0.3) is 0 Å². The Morgan fingerprint density at radius 1 is 0.423 bits per heavy atom. The topological polar surface area (TPSA) is 226 Å². The number of carbonyl (C=O) groups excluding carboxylic acids is 2. The van der Waals surface area contributed by atoms with Gasteiger partial charge >= 0.3 is 11.9 Å². The van der Waals surface area contributed by atoms with Crippen LogP contribution in [0.15, 0.2) is 60.7 Å². The second kappa shape index (κ2) is 37.4. The number of rotatable bonds is 14. The van der Waals surface area contributed by atoms with E-state index in [9.17, 15) is 30.0 Å². The molecule has 4 N–H and O–H groups in total. The van der Waals surface area contributed by atoms with Gasteiger partial charge in [-0.2, -0.15) is 0 Å². The molecule has 18 nitrogen and oxygen atoms in total. The fraction of sp³-hybridized carbons (Fsp3) is 0.849. The van der Waals surface area contributed by atoms with E-state index in [-0.39, 0.29) is 108 Å². The van der Waals surface area contributed by atoms with Gasteiger partial charge in [-0.25, -0.2) is 0 Å². The zero-order chi connectivity index (χ0) is 82.9. The van der Waals surface area contributed by atoms with Gasteiger partial charge in [0.15, 0.2) is 30.9 Å². The largest absolute Gasteiger partial charge is 0.459 e. The van der Waals surface area contributed by atoms with Crippen LogP contribution in [-0.4, -0.2) is 160 Å². The van der Waals surface area contributed by atoms with E-state index in [4.69, 9.17) is 56.8 Å². The number of aliphatic hydroxyl groups excluding tert-OH is 2. The molecule has 0 radical (unpaired) electrons. The maximum absolute atomic E-state index is 14.9. The Kier molecular flexibility index (Phi) is 31.4. The molecule has 4 unspecified atom stereocenters. The molecular weight excluding hydrogens is 1410 g/mol. The lowest BCUT2D eigenvalue weighted by Crippen LogP contribution is -2.66. The van der Waals surface area contributed by atoms with Crippen molar-refractivity contribution in [2.45, 2.75) is 400 Å². The molecule has 0 saturated carbocycles. The summed E-state index contributed by atoms with van der Waals surface area (Å²) in [6.45, 7) is 63.4. The van der Waals surface area contributed by atoms with Crippen molar-refractivity contribution in [2.75, 3.05) is 0 Å². The predicted octanol–water partition coefficient (Wildman–Crippen LogP) is 17.7. The van der Waals surface area contributed by atoms with Crippen molar-refractivity contribution >= 4 is 11.9 Å². The van der Waals surface area contributed by atoms with E-state index in [0.29, 0.717) is 49.4 Å².